The highest BCUT2D eigenvalue weighted by Gasteiger charge is 2.19. The van der Waals surface area contributed by atoms with Crippen LogP contribution >= 0.6 is 11.8 Å². The lowest BCUT2D eigenvalue weighted by atomic mass is 10.0. The number of hydrogen-bond donors (Lipinski definition) is 1. The van der Waals surface area contributed by atoms with Gasteiger partial charge in [0, 0.05) is 49.9 Å². The molecule has 0 unspecified atom stereocenters. The number of carbonyl (C=O) groups is 1. The smallest absolute Gasteiger partial charge is 0.249 e. The lowest BCUT2D eigenvalue weighted by Crippen LogP contribution is -2.41. The number of morpholine rings is 1. The summed E-state index contributed by atoms with van der Waals surface area (Å²) in [6, 6.07) is 5.62. The van der Waals surface area contributed by atoms with Gasteiger partial charge < -0.3 is 19.5 Å². The van der Waals surface area contributed by atoms with Gasteiger partial charge in [-0.1, -0.05) is 11.8 Å². The van der Waals surface area contributed by atoms with E-state index in [0.717, 1.165) is 44.1 Å². The summed E-state index contributed by atoms with van der Waals surface area (Å²) in [5, 5.41) is 3.61. The number of amides is 1. The number of nitrogens with zero attached hydrogens (tertiary/aromatic N) is 3. The number of methoxy groups -OCH3 is 2. The summed E-state index contributed by atoms with van der Waals surface area (Å²) in [5.41, 5.74) is 2.20. The molecule has 1 aromatic carbocycles. The van der Waals surface area contributed by atoms with E-state index in [1.54, 1.807) is 20.4 Å². The second-order valence-corrected chi connectivity index (χ2v) is 7.56. The van der Waals surface area contributed by atoms with Crippen molar-refractivity contribution in [1.82, 2.24) is 10.2 Å². The molecule has 0 atom stereocenters. The second kappa shape index (κ2) is 11.1. The molecule has 1 fully saturated rings. The number of ether oxygens (including phenoxy) is 3. The Kier molecular flexibility index (Phi) is 8.30. The number of aliphatic imine (C=N–C) groups is 2. The van der Waals surface area contributed by atoms with Crippen LogP contribution in [-0.4, -0.2) is 81.6 Å². The van der Waals surface area contributed by atoms with Gasteiger partial charge in [0.05, 0.1) is 33.1 Å². The van der Waals surface area contributed by atoms with Gasteiger partial charge in [-0.15, -0.1) is 0 Å². The normalized spacial score (nSPS) is 17.4. The van der Waals surface area contributed by atoms with Crippen molar-refractivity contribution in [3.8, 4) is 11.5 Å². The first kappa shape index (κ1) is 22.3. The van der Waals surface area contributed by atoms with Crippen molar-refractivity contribution < 1.29 is 19.0 Å². The summed E-state index contributed by atoms with van der Waals surface area (Å²) in [6.07, 6.45) is 3.91. The number of amidine groups is 1. The molecular formula is C21H28N4O4S. The van der Waals surface area contributed by atoms with Crippen molar-refractivity contribution in [3.63, 3.8) is 0 Å². The maximum atomic E-state index is 12.8. The van der Waals surface area contributed by atoms with Crippen molar-refractivity contribution in [2.24, 2.45) is 9.98 Å². The third-order valence-electron chi connectivity index (χ3n) is 4.93. The largest absolute Gasteiger partial charge is 0.493 e. The molecule has 9 heteroatoms. The van der Waals surface area contributed by atoms with E-state index < -0.39 is 0 Å². The summed E-state index contributed by atoms with van der Waals surface area (Å²) in [6.45, 7) is 4.68. The average molecular weight is 433 g/mol. The molecule has 0 radical (unpaired) electrons. The van der Waals surface area contributed by atoms with Gasteiger partial charge in [0.1, 0.15) is 0 Å². The van der Waals surface area contributed by atoms with Gasteiger partial charge in [0.15, 0.2) is 16.7 Å². The van der Waals surface area contributed by atoms with Crippen molar-refractivity contribution in [2.45, 2.75) is 6.42 Å². The van der Waals surface area contributed by atoms with E-state index in [4.69, 9.17) is 14.2 Å². The fourth-order valence-corrected chi connectivity index (χ4v) is 3.59. The van der Waals surface area contributed by atoms with Crippen LogP contribution in [0.25, 0.3) is 0 Å². The van der Waals surface area contributed by atoms with Gasteiger partial charge in [-0.05, 0) is 24.5 Å². The first-order valence-electron chi connectivity index (χ1n) is 9.83. The molecule has 0 bridgehead atoms. The Labute approximate surface area is 181 Å². The van der Waals surface area contributed by atoms with E-state index in [-0.39, 0.29) is 5.91 Å². The molecule has 1 amide bonds. The minimum absolute atomic E-state index is 0.123. The number of thioether (sulfide) groups is 1. The van der Waals surface area contributed by atoms with Crippen LogP contribution in [0.15, 0.2) is 40.0 Å². The molecule has 30 heavy (non-hydrogen) atoms. The zero-order chi connectivity index (χ0) is 21.3. The molecule has 0 spiro atoms. The zero-order valence-corrected chi connectivity index (χ0v) is 18.5. The highest BCUT2D eigenvalue weighted by molar-refractivity contribution is 8.13. The Morgan fingerprint density at radius 1 is 1.23 bits per heavy atom. The number of carbonyl (C=O) groups excluding carboxylic acids is 1. The fourth-order valence-electron chi connectivity index (χ4n) is 3.23. The van der Waals surface area contributed by atoms with Crippen LogP contribution in [0.5, 0.6) is 11.5 Å². The van der Waals surface area contributed by atoms with Crippen molar-refractivity contribution in [2.75, 3.05) is 59.9 Å². The number of nitrogens with one attached hydrogen (secondary N) is 1. The summed E-state index contributed by atoms with van der Waals surface area (Å²) in [4.78, 5) is 24.1. The van der Waals surface area contributed by atoms with Gasteiger partial charge in [0.25, 0.3) is 0 Å². The van der Waals surface area contributed by atoms with E-state index in [9.17, 15) is 4.79 Å². The monoisotopic (exact) mass is 432 g/mol. The predicted octanol–water partition coefficient (Wildman–Crippen LogP) is 1.95. The van der Waals surface area contributed by atoms with Crippen molar-refractivity contribution >= 4 is 28.5 Å². The minimum atomic E-state index is -0.123. The first-order chi connectivity index (χ1) is 14.6. The molecule has 1 saturated heterocycles. The summed E-state index contributed by atoms with van der Waals surface area (Å²) >= 11 is 1.44. The molecule has 8 nitrogen and oxygen atoms in total. The van der Waals surface area contributed by atoms with Crippen molar-refractivity contribution in [1.29, 1.82) is 0 Å². The third-order valence-corrected chi connectivity index (χ3v) is 5.49. The van der Waals surface area contributed by atoms with Crippen LogP contribution in [0.1, 0.15) is 12.0 Å². The van der Waals surface area contributed by atoms with E-state index in [1.807, 2.05) is 24.5 Å². The number of hydrogen-bond acceptors (Lipinski definition) is 8. The van der Waals surface area contributed by atoms with Crippen LogP contribution in [0.3, 0.4) is 0 Å². The average Bonchev–Trinajstić information content (AvgIpc) is 3.02. The fraction of sp³-hybridized carbons (Fsp3) is 0.476. The third kappa shape index (κ3) is 5.84. The van der Waals surface area contributed by atoms with E-state index in [0.29, 0.717) is 35.2 Å². The maximum absolute atomic E-state index is 12.8. The Balaban J connectivity index is 1.70. The highest BCUT2D eigenvalue weighted by atomic mass is 32.2. The zero-order valence-electron chi connectivity index (χ0n) is 17.6. The molecule has 162 valence electrons. The lowest BCUT2D eigenvalue weighted by molar-refractivity contribution is -0.117. The van der Waals surface area contributed by atoms with Crippen LogP contribution in [0, 0.1) is 0 Å². The maximum Gasteiger partial charge on any atom is 0.249 e. The molecule has 1 aromatic rings. The topological polar surface area (TPSA) is 84.8 Å². The summed E-state index contributed by atoms with van der Waals surface area (Å²) < 4.78 is 16.1. The van der Waals surface area contributed by atoms with Crippen LogP contribution < -0.4 is 14.8 Å². The molecule has 0 aromatic heterocycles. The van der Waals surface area contributed by atoms with Gasteiger partial charge in [-0.25, -0.2) is 9.98 Å². The standard InChI is InChI=1S/C21H28N4O4S/c1-27-18-5-4-15(13-19(18)28-2)17-12-16(14-23-21(24-17)30-3)20(26)22-6-7-25-8-10-29-11-9-25/h4-5,13-14H,6-12H2,1-3H3,(H,22,26). The Morgan fingerprint density at radius 3 is 2.70 bits per heavy atom. The van der Waals surface area contributed by atoms with E-state index in [2.05, 4.69) is 20.2 Å². The van der Waals surface area contributed by atoms with Gasteiger partial charge in [-0.3, -0.25) is 9.69 Å². The molecule has 2 heterocycles. The molecule has 2 aliphatic heterocycles. The van der Waals surface area contributed by atoms with Gasteiger partial charge >= 0.3 is 0 Å². The summed E-state index contributed by atoms with van der Waals surface area (Å²) in [7, 11) is 3.19. The Hall–Kier alpha value is -2.36. The molecule has 0 aliphatic carbocycles. The van der Waals surface area contributed by atoms with Gasteiger partial charge in [-0.2, -0.15) is 0 Å². The highest BCUT2D eigenvalue weighted by Crippen LogP contribution is 2.29. The molecule has 2 aliphatic rings. The predicted molar refractivity (Wildman–Crippen MR) is 120 cm³/mol. The quantitative estimate of drug-likeness (QED) is 0.709. The Bertz CT molecular complexity index is 847. The van der Waals surface area contributed by atoms with E-state index in [1.165, 1.54) is 11.8 Å². The second-order valence-electron chi connectivity index (χ2n) is 6.79. The number of benzene rings is 1. The molecule has 3 rings (SSSR count). The molecular weight excluding hydrogens is 404 g/mol. The number of rotatable bonds is 7. The molecule has 1 N–H and O–H groups in total. The first-order valence-corrected chi connectivity index (χ1v) is 11.1. The lowest BCUT2D eigenvalue weighted by Gasteiger charge is -2.26. The van der Waals surface area contributed by atoms with Crippen molar-refractivity contribution in [3.05, 3.63) is 35.5 Å². The summed E-state index contributed by atoms with van der Waals surface area (Å²) in [5.74, 6) is 1.14. The minimum Gasteiger partial charge on any atom is -0.493 e. The SMILES string of the molecule is COc1ccc(C2=NC(SC)=NC=C(C(=O)NCCN3CCOCC3)C2)cc1OC. The van der Waals surface area contributed by atoms with Crippen LogP contribution in [0.4, 0.5) is 0 Å². The Morgan fingerprint density at radius 2 is 2.00 bits per heavy atom. The van der Waals surface area contributed by atoms with E-state index >= 15 is 0 Å². The molecule has 0 saturated carbocycles. The van der Waals surface area contributed by atoms with Crippen LogP contribution in [-0.2, 0) is 9.53 Å². The van der Waals surface area contributed by atoms with Crippen LogP contribution in [0.2, 0.25) is 0 Å². The van der Waals surface area contributed by atoms with Gasteiger partial charge in [0.2, 0.25) is 5.91 Å².